The van der Waals surface area contributed by atoms with Crippen molar-refractivity contribution in [1.82, 2.24) is 5.32 Å². The van der Waals surface area contributed by atoms with E-state index in [0.717, 1.165) is 5.56 Å². The van der Waals surface area contributed by atoms with Crippen LogP contribution in [0.25, 0.3) is 0 Å². The van der Waals surface area contributed by atoms with E-state index in [1.54, 1.807) is 18.2 Å². The van der Waals surface area contributed by atoms with Gasteiger partial charge >= 0.3 is 6.09 Å². The predicted molar refractivity (Wildman–Crippen MR) is 90.4 cm³/mol. The van der Waals surface area contributed by atoms with Crippen LogP contribution < -0.4 is 16.4 Å². The summed E-state index contributed by atoms with van der Waals surface area (Å²) in [6.07, 6.45) is -1.33. The van der Waals surface area contributed by atoms with Crippen molar-refractivity contribution in [3.8, 4) is 0 Å². The standard InChI is InChI=1S/C17H20FN3O3/c1-11-5-6-15(14(19)7-11)20-9-17(10-22,21-16(23)24)12-3-2-4-13(18)8-12/h2-8,20-22H,9-10,19H2,1H3,(H,23,24). The first-order valence-corrected chi connectivity index (χ1v) is 7.34. The molecule has 0 heterocycles. The van der Waals surface area contributed by atoms with E-state index in [1.807, 2.05) is 13.0 Å². The number of nitrogens with two attached hydrogens (primary N) is 1. The van der Waals surface area contributed by atoms with E-state index >= 15 is 0 Å². The van der Waals surface area contributed by atoms with Crippen LogP contribution in [-0.4, -0.2) is 29.5 Å². The number of benzene rings is 2. The quantitative estimate of drug-likeness (QED) is 0.521. The van der Waals surface area contributed by atoms with Gasteiger partial charge < -0.3 is 26.6 Å². The number of anilines is 2. The maximum atomic E-state index is 13.5. The van der Waals surface area contributed by atoms with E-state index < -0.39 is 24.1 Å². The molecular formula is C17H20FN3O3. The predicted octanol–water partition coefficient (Wildman–Crippen LogP) is 2.28. The third-order valence-electron chi connectivity index (χ3n) is 3.78. The summed E-state index contributed by atoms with van der Waals surface area (Å²) in [5.41, 5.74) is 6.92. The number of amides is 1. The molecule has 2 aromatic rings. The average molecular weight is 333 g/mol. The maximum Gasteiger partial charge on any atom is 0.405 e. The fourth-order valence-corrected chi connectivity index (χ4v) is 2.49. The molecule has 1 amide bonds. The summed E-state index contributed by atoms with van der Waals surface area (Å²) >= 11 is 0. The molecule has 6 nitrogen and oxygen atoms in total. The second-order valence-corrected chi connectivity index (χ2v) is 5.62. The van der Waals surface area contributed by atoms with Gasteiger partial charge in [0.05, 0.1) is 18.0 Å². The Morgan fingerprint density at radius 3 is 2.62 bits per heavy atom. The number of hydrogen-bond donors (Lipinski definition) is 5. The summed E-state index contributed by atoms with van der Waals surface area (Å²) in [6, 6.07) is 10.8. The van der Waals surface area contributed by atoms with Crippen LogP contribution in [0.5, 0.6) is 0 Å². The van der Waals surface area contributed by atoms with Crippen molar-refractivity contribution in [1.29, 1.82) is 0 Å². The summed E-state index contributed by atoms with van der Waals surface area (Å²) in [5.74, 6) is -0.521. The molecule has 128 valence electrons. The zero-order chi connectivity index (χ0) is 17.7. The normalized spacial score (nSPS) is 13.1. The molecule has 2 aromatic carbocycles. The Hall–Kier alpha value is -2.80. The minimum Gasteiger partial charge on any atom is -0.465 e. The number of aryl methyl sites for hydroxylation is 1. The zero-order valence-corrected chi connectivity index (χ0v) is 13.2. The fraction of sp³-hybridized carbons (Fsp3) is 0.235. The van der Waals surface area contributed by atoms with Crippen molar-refractivity contribution in [2.45, 2.75) is 12.5 Å². The van der Waals surface area contributed by atoms with Crippen LogP contribution in [0.15, 0.2) is 42.5 Å². The molecule has 0 saturated heterocycles. The van der Waals surface area contributed by atoms with Gasteiger partial charge in [-0.3, -0.25) is 0 Å². The van der Waals surface area contributed by atoms with Crippen LogP contribution in [-0.2, 0) is 5.54 Å². The van der Waals surface area contributed by atoms with Crippen molar-refractivity contribution in [3.05, 3.63) is 59.4 Å². The monoisotopic (exact) mass is 333 g/mol. The molecule has 0 aliphatic heterocycles. The van der Waals surface area contributed by atoms with E-state index in [2.05, 4.69) is 10.6 Å². The number of carbonyl (C=O) groups is 1. The zero-order valence-electron chi connectivity index (χ0n) is 13.2. The largest absolute Gasteiger partial charge is 0.465 e. The Kier molecular flexibility index (Phi) is 5.25. The summed E-state index contributed by atoms with van der Waals surface area (Å²) in [6.45, 7) is 1.34. The average Bonchev–Trinajstić information content (AvgIpc) is 2.52. The Morgan fingerprint density at radius 1 is 1.29 bits per heavy atom. The van der Waals surface area contributed by atoms with E-state index in [9.17, 15) is 14.3 Å². The summed E-state index contributed by atoms with van der Waals surface area (Å²) < 4.78 is 13.5. The molecular weight excluding hydrogens is 313 g/mol. The van der Waals surface area contributed by atoms with Gasteiger partial charge in [-0.15, -0.1) is 0 Å². The van der Waals surface area contributed by atoms with Gasteiger partial charge in [0, 0.05) is 6.54 Å². The van der Waals surface area contributed by atoms with Gasteiger partial charge in [-0.1, -0.05) is 18.2 Å². The molecule has 0 radical (unpaired) electrons. The Bertz CT molecular complexity index is 739. The first-order chi connectivity index (χ1) is 11.4. The second-order valence-electron chi connectivity index (χ2n) is 5.62. The summed E-state index contributed by atoms with van der Waals surface area (Å²) in [7, 11) is 0. The van der Waals surface area contributed by atoms with Gasteiger partial charge in [0.2, 0.25) is 0 Å². The molecule has 0 saturated carbocycles. The van der Waals surface area contributed by atoms with Gasteiger partial charge in [0.25, 0.3) is 0 Å². The first-order valence-electron chi connectivity index (χ1n) is 7.34. The lowest BCUT2D eigenvalue weighted by Crippen LogP contribution is -2.53. The summed E-state index contributed by atoms with van der Waals surface area (Å²) in [5, 5.41) is 24.3. The van der Waals surface area contributed by atoms with Crippen molar-refractivity contribution in [3.63, 3.8) is 0 Å². The molecule has 0 bridgehead atoms. The highest BCUT2D eigenvalue weighted by atomic mass is 19.1. The lowest BCUT2D eigenvalue weighted by atomic mass is 9.90. The minimum atomic E-state index is -1.41. The van der Waals surface area contributed by atoms with Crippen LogP contribution in [0.4, 0.5) is 20.6 Å². The van der Waals surface area contributed by atoms with Crippen molar-refractivity contribution >= 4 is 17.5 Å². The number of aliphatic hydroxyl groups is 1. The molecule has 7 heteroatoms. The molecule has 1 unspecified atom stereocenters. The first kappa shape index (κ1) is 17.6. The smallest absolute Gasteiger partial charge is 0.405 e. The van der Waals surface area contributed by atoms with Gasteiger partial charge in [0.15, 0.2) is 0 Å². The van der Waals surface area contributed by atoms with Crippen molar-refractivity contribution in [2.24, 2.45) is 0 Å². The number of hydrogen-bond acceptors (Lipinski definition) is 4. The van der Waals surface area contributed by atoms with Crippen LogP contribution in [0.3, 0.4) is 0 Å². The van der Waals surface area contributed by atoms with Crippen molar-refractivity contribution in [2.75, 3.05) is 24.2 Å². The molecule has 0 spiro atoms. The van der Waals surface area contributed by atoms with Crippen LogP contribution in [0.1, 0.15) is 11.1 Å². The Labute approximate surface area is 139 Å². The SMILES string of the molecule is Cc1ccc(NCC(CO)(NC(=O)O)c2cccc(F)c2)c(N)c1. The summed E-state index contributed by atoms with van der Waals surface area (Å²) in [4.78, 5) is 11.2. The fourth-order valence-electron chi connectivity index (χ4n) is 2.49. The molecule has 0 aromatic heterocycles. The topological polar surface area (TPSA) is 108 Å². The number of rotatable bonds is 6. The molecule has 0 fully saturated rings. The number of halogens is 1. The molecule has 2 rings (SSSR count). The third-order valence-corrected chi connectivity index (χ3v) is 3.78. The number of nitrogens with one attached hydrogen (secondary N) is 2. The highest BCUT2D eigenvalue weighted by molar-refractivity contribution is 5.69. The van der Waals surface area contributed by atoms with Crippen molar-refractivity contribution < 1.29 is 19.4 Å². The lowest BCUT2D eigenvalue weighted by Gasteiger charge is -2.33. The number of aliphatic hydroxyl groups excluding tert-OH is 1. The van der Waals surface area contributed by atoms with E-state index in [1.165, 1.54) is 18.2 Å². The number of nitrogen functional groups attached to an aromatic ring is 1. The maximum absolute atomic E-state index is 13.5. The van der Waals surface area contributed by atoms with Crippen LogP contribution in [0, 0.1) is 12.7 Å². The van der Waals surface area contributed by atoms with Crippen LogP contribution >= 0.6 is 0 Å². The van der Waals surface area contributed by atoms with Crippen LogP contribution in [0.2, 0.25) is 0 Å². The minimum absolute atomic E-state index is 0.00743. The lowest BCUT2D eigenvalue weighted by molar-refractivity contribution is 0.143. The number of carboxylic acid groups (broad SMARTS) is 1. The molecule has 24 heavy (non-hydrogen) atoms. The van der Waals surface area contributed by atoms with Gasteiger partial charge in [0.1, 0.15) is 11.4 Å². The molecule has 0 aliphatic carbocycles. The second kappa shape index (κ2) is 7.18. The molecule has 6 N–H and O–H groups in total. The van der Waals surface area contributed by atoms with E-state index in [0.29, 0.717) is 16.9 Å². The third kappa shape index (κ3) is 3.94. The Morgan fingerprint density at radius 2 is 2.04 bits per heavy atom. The van der Waals surface area contributed by atoms with E-state index in [4.69, 9.17) is 10.8 Å². The molecule has 1 atom stereocenters. The van der Waals surface area contributed by atoms with E-state index in [-0.39, 0.29) is 6.54 Å². The highest BCUT2D eigenvalue weighted by Crippen LogP contribution is 2.25. The molecule has 0 aliphatic rings. The Balaban J connectivity index is 2.33. The van der Waals surface area contributed by atoms with Gasteiger partial charge in [-0.2, -0.15) is 0 Å². The highest BCUT2D eigenvalue weighted by Gasteiger charge is 2.34. The van der Waals surface area contributed by atoms with Gasteiger partial charge in [-0.25, -0.2) is 9.18 Å². The van der Waals surface area contributed by atoms with Gasteiger partial charge in [-0.05, 0) is 42.3 Å².